The van der Waals surface area contributed by atoms with Crippen LogP contribution in [0, 0.1) is 0 Å². The predicted octanol–water partition coefficient (Wildman–Crippen LogP) is 0.913. The molecule has 0 heterocycles. The van der Waals surface area contributed by atoms with Gasteiger partial charge in [0.05, 0.1) is 0 Å². The number of carbonyl (C=O) groups excluding carboxylic acids is 1. The van der Waals surface area contributed by atoms with Crippen LogP contribution < -0.4 is 0 Å². The highest BCUT2D eigenvalue weighted by molar-refractivity contribution is 7.05. The quantitative estimate of drug-likeness (QED) is 0.323. The van der Waals surface area contributed by atoms with E-state index in [9.17, 15) is 4.79 Å². The maximum atomic E-state index is 9.43. The molecule has 0 aliphatic rings. The Morgan fingerprint density at radius 1 is 1.44 bits per heavy atom. The predicted molar refractivity (Wildman–Crippen MR) is 44.5 cm³/mol. The molecule has 0 aliphatic carbocycles. The first-order valence-electron chi connectivity index (χ1n) is 2.76. The molecule has 2 nitrogen and oxygen atoms in total. The lowest BCUT2D eigenvalue weighted by molar-refractivity contribution is -0.115. The van der Waals surface area contributed by atoms with Crippen molar-refractivity contribution in [2.45, 2.75) is 13.1 Å². The fourth-order valence-electron chi connectivity index (χ4n) is 0. The van der Waals surface area contributed by atoms with Gasteiger partial charge in [-0.15, -0.1) is 0 Å². The molecule has 9 heavy (non-hydrogen) atoms. The number of hydrogen-bond donors (Lipinski definition) is 0. The summed E-state index contributed by atoms with van der Waals surface area (Å²) in [5.74, 6) is 0. The average molecular weight is 168 g/mol. The molecule has 4 heteroatoms. The zero-order valence-electron chi connectivity index (χ0n) is 6.39. The first kappa shape index (κ1) is 11.7. The van der Waals surface area contributed by atoms with Gasteiger partial charge in [0.15, 0.2) is 0 Å². The van der Waals surface area contributed by atoms with Crippen molar-refractivity contribution >= 4 is 25.6 Å². The molecule has 0 unspecified atom stereocenters. The van der Waals surface area contributed by atoms with Gasteiger partial charge in [-0.2, -0.15) is 11.1 Å². The molecule has 0 aromatic rings. The standard InChI is InChI=1S/C3H7NO.C2H7ClSi/c1-4(2)3-5;1-4(2)3/h3H,1-2H3;4H,1-2H3. The van der Waals surface area contributed by atoms with Crippen LogP contribution in [-0.2, 0) is 4.79 Å². The van der Waals surface area contributed by atoms with E-state index in [1.165, 1.54) is 4.90 Å². The molecule has 0 atom stereocenters. The molecule has 0 saturated carbocycles. The van der Waals surface area contributed by atoms with E-state index in [-0.39, 0.29) is 0 Å². The Balaban J connectivity index is 0. The average Bonchev–Trinajstić information content (AvgIpc) is 1.65. The van der Waals surface area contributed by atoms with E-state index in [0.29, 0.717) is 0 Å². The normalized spacial score (nSPS) is 7.78. The second-order valence-corrected chi connectivity index (χ2v) is 6.73. The Bertz CT molecular complexity index is 65.2. The Morgan fingerprint density at radius 3 is 1.56 bits per heavy atom. The number of carbonyl (C=O) groups is 1. The summed E-state index contributed by atoms with van der Waals surface area (Å²) in [6, 6.07) is 0. The smallest absolute Gasteiger partial charge is 0.209 e. The van der Waals surface area contributed by atoms with Crippen LogP contribution >= 0.6 is 11.1 Å². The van der Waals surface area contributed by atoms with Gasteiger partial charge in [0, 0.05) is 14.1 Å². The fraction of sp³-hybridized carbons (Fsp3) is 0.800. The molecule has 0 N–H and O–H groups in total. The molecule has 0 bridgehead atoms. The molecular weight excluding hydrogens is 154 g/mol. The molecule has 0 aromatic heterocycles. The summed E-state index contributed by atoms with van der Waals surface area (Å²) in [5, 5.41) is 0. The largest absolute Gasteiger partial charge is 0.351 e. The van der Waals surface area contributed by atoms with Gasteiger partial charge in [-0.05, 0) is 0 Å². The molecule has 0 spiro atoms. The number of halogens is 1. The van der Waals surface area contributed by atoms with E-state index in [4.69, 9.17) is 11.1 Å². The summed E-state index contributed by atoms with van der Waals surface area (Å²) >= 11 is 5.41. The van der Waals surface area contributed by atoms with E-state index >= 15 is 0 Å². The highest BCUT2D eigenvalue weighted by Gasteiger charge is 1.76. The highest BCUT2D eigenvalue weighted by atomic mass is 35.6. The first-order valence-corrected chi connectivity index (χ1v) is 6.82. The topological polar surface area (TPSA) is 20.3 Å². The third-order valence-electron chi connectivity index (χ3n) is 0.211. The fourth-order valence-corrected chi connectivity index (χ4v) is 0. The second kappa shape index (κ2) is 7.98. The zero-order chi connectivity index (χ0) is 7.86. The summed E-state index contributed by atoms with van der Waals surface area (Å²) in [6.07, 6.45) is 0.750. The van der Waals surface area contributed by atoms with Crippen molar-refractivity contribution in [3.05, 3.63) is 0 Å². The molecule has 0 aliphatic heterocycles. The van der Waals surface area contributed by atoms with Gasteiger partial charge in [0.2, 0.25) is 6.41 Å². The molecule has 0 fully saturated rings. The summed E-state index contributed by atoms with van der Waals surface area (Å²) in [5.41, 5.74) is 0. The van der Waals surface area contributed by atoms with Crippen LogP contribution in [0.3, 0.4) is 0 Å². The van der Waals surface area contributed by atoms with Crippen LogP contribution in [0.1, 0.15) is 0 Å². The van der Waals surface area contributed by atoms with Gasteiger partial charge >= 0.3 is 0 Å². The molecule has 0 aromatic carbocycles. The molecular formula is C5H14ClNOSi. The van der Waals surface area contributed by atoms with E-state index in [1.807, 2.05) is 0 Å². The number of rotatable bonds is 1. The van der Waals surface area contributed by atoms with Crippen LogP contribution in [0.2, 0.25) is 13.1 Å². The summed E-state index contributed by atoms with van der Waals surface area (Å²) in [6.45, 7) is 4.14. The molecule has 56 valence electrons. The summed E-state index contributed by atoms with van der Waals surface area (Å²) < 4.78 is 0. The Morgan fingerprint density at radius 2 is 1.56 bits per heavy atom. The van der Waals surface area contributed by atoms with Crippen molar-refractivity contribution in [3.63, 3.8) is 0 Å². The Kier molecular flexibility index (Phi) is 10.4. The van der Waals surface area contributed by atoms with E-state index in [0.717, 1.165) is 6.41 Å². The van der Waals surface area contributed by atoms with Crippen molar-refractivity contribution in [3.8, 4) is 0 Å². The second-order valence-electron chi connectivity index (χ2n) is 2.08. The van der Waals surface area contributed by atoms with Crippen molar-refractivity contribution in [1.82, 2.24) is 4.90 Å². The van der Waals surface area contributed by atoms with Crippen LogP contribution in [0.4, 0.5) is 0 Å². The Labute approximate surface area is 63.1 Å². The third-order valence-corrected chi connectivity index (χ3v) is 0.211. The maximum Gasteiger partial charge on any atom is 0.209 e. The summed E-state index contributed by atoms with van der Waals surface area (Å²) in [4.78, 5) is 10.9. The minimum absolute atomic E-state index is 0.667. The first-order chi connectivity index (χ1) is 4.00. The van der Waals surface area contributed by atoms with Crippen LogP contribution in [0.25, 0.3) is 0 Å². The Hall–Kier alpha value is -0.0231. The van der Waals surface area contributed by atoms with Gasteiger partial charge in [0.1, 0.15) is 8.11 Å². The van der Waals surface area contributed by atoms with Crippen molar-refractivity contribution in [2.24, 2.45) is 0 Å². The monoisotopic (exact) mass is 167 g/mol. The maximum absolute atomic E-state index is 9.43. The summed E-state index contributed by atoms with van der Waals surface area (Å²) in [7, 11) is 2.71. The van der Waals surface area contributed by atoms with Gasteiger partial charge in [0.25, 0.3) is 0 Å². The van der Waals surface area contributed by atoms with Crippen molar-refractivity contribution in [2.75, 3.05) is 14.1 Å². The third kappa shape index (κ3) is 72.9. The molecule has 0 saturated heterocycles. The lowest BCUT2D eigenvalue weighted by Crippen LogP contribution is -2.06. The van der Waals surface area contributed by atoms with Crippen LogP contribution in [0.5, 0.6) is 0 Å². The van der Waals surface area contributed by atoms with Crippen molar-refractivity contribution in [1.29, 1.82) is 0 Å². The molecule has 0 radical (unpaired) electrons. The van der Waals surface area contributed by atoms with Gasteiger partial charge in [-0.25, -0.2) is 0 Å². The highest BCUT2D eigenvalue weighted by Crippen LogP contribution is 1.79. The lowest BCUT2D eigenvalue weighted by Gasteiger charge is -1.93. The van der Waals surface area contributed by atoms with E-state index in [1.54, 1.807) is 14.1 Å². The van der Waals surface area contributed by atoms with Crippen LogP contribution in [0.15, 0.2) is 0 Å². The number of amides is 1. The zero-order valence-corrected chi connectivity index (χ0v) is 8.30. The van der Waals surface area contributed by atoms with Gasteiger partial charge < -0.3 is 4.90 Å². The molecule has 0 rings (SSSR count). The number of hydrogen-bond acceptors (Lipinski definition) is 1. The van der Waals surface area contributed by atoms with Gasteiger partial charge in [-0.3, -0.25) is 4.79 Å². The van der Waals surface area contributed by atoms with Gasteiger partial charge in [-0.1, -0.05) is 13.1 Å². The van der Waals surface area contributed by atoms with E-state index < -0.39 is 8.11 Å². The SMILES string of the molecule is CN(C)C=O.C[SiH](C)Cl. The lowest BCUT2D eigenvalue weighted by atomic mass is 11.0. The molecule has 1 amide bonds. The minimum atomic E-state index is -0.667. The number of nitrogens with zero attached hydrogens (tertiary/aromatic N) is 1. The van der Waals surface area contributed by atoms with Crippen LogP contribution in [-0.4, -0.2) is 33.5 Å². The van der Waals surface area contributed by atoms with Crippen molar-refractivity contribution < 1.29 is 4.79 Å². The minimum Gasteiger partial charge on any atom is -0.351 e. The van der Waals surface area contributed by atoms with E-state index in [2.05, 4.69) is 13.1 Å².